The molecule has 3 heteroatoms. The Morgan fingerprint density at radius 2 is 2.00 bits per heavy atom. The Morgan fingerprint density at radius 1 is 1.43 bits per heavy atom. The van der Waals surface area contributed by atoms with Crippen LogP contribution in [-0.4, -0.2) is 22.8 Å². The number of hydrogen-bond acceptors (Lipinski definition) is 2. The summed E-state index contributed by atoms with van der Waals surface area (Å²) in [6.07, 6.45) is 6.32. The normalized spacial score (nSPS) is 23.0. The van der Waals surface area contributed by atoms with Crippen LogP contribution in [0.3, 0.4) is 0 Å². The number of carboxylic acids is 1. The van der Waals surface area contributed by atoms with Crippen molar-refractivity contribution in [3.63, 3.8) is 0 Å². The van der Waals surface area contributed by atoms with Gasteiger partial charge in [-0.15, -0.1) is 0 Å². The van der Waals surface area contributed by atoms with Crippen molar-refractivity contribution >= 4 is 5.97 Å². The number of aliphatic carboxylic acids is 1. The average molecular weight is 200 g/mol. The lowest BCUT2D eigenvalue weighted by Crippen LogP contribution is -2.41. The van der Waals surface area contributed by atoms with Crippen molar-refractivity contribution in [2.24, 2.45) is 0 Å². The van der Waals surface area contributed by atoms with Gasteiger partial charge in [0.15, 0.2) is 5.60 Å². The summed E-state index contributed by atoms with van der Waals surface area (Å²) in [6.45, 7) is 3.53. The highest BCUT2D eigenvalue weighted by atomic mass is 16.5. The Kier molecular flexibility index (Phi) is 3.93. The summed E-state index contributed by atoms with van der Waals surface area (Å²) in [5, 5.41) is 9.04. The van der Waals surface area contributed by atoms with Crippen molar-refractivity contribution in [2.45, 2.75) is 64.1 Å². The number of hydrogen-bond donors (Lipinski definition) is 1. The lowest BCUT2D eigenvalue weighted by Gasteiger charge is -2.31. The molecular weight excluding hydrogens is 180 g/mol. The maximum absolute atomic E-state index is 11.0. The van der Waals surface area contributed by atoms with Crippen LogP contribution in [0.1, 0.15) is 52.4 Å². The summed E-state index contributed by atoms with van der Waals surface area (Å²) >= 11 is 0. The fourth-order valence-electron chi connectivity index (χ4n) is 1.84. The minimum absolute atomic E-state index is 0.157. The summed E-state index contributed by atoms with van der Waals surface area (Å²) in [5.74, 6) is -0.842. The van der Waals surface area contributed by atoms with Gasteiger partial charge in [-0.1, -0.05) is 26.2 Å². The van der Waals surface area contributed by atoms with Crippen LogP contribution >= 0.6 is 0 Å². The van der Waals surface area contributed by atoms with E-state index in [1.807, 2.05) is 6.92 Å². The molecule has 0 bridgehead atoms. The highest BCUT2D eigenvalue weighted by Gasteiger charge is 2.35. The van der Waals surface area contributed by atoms with Crippen molar-refractivity contribution in [3.05, 3.63) is 0 Å². The SMILES string of the molecule is CCC(C)(OC1CCCCC1)C(=O)O. The Hall–Kier alpha value is -0.570. The van der Waals surface area contributed by atoms with Gasteiger partial charge in [-0.2, -0.15) is 0 Å². The summed E-state index contributed by atoms with van der Waals surface area (Å²) in [7, 11) is 0. The highest BCUT2D eigenvalue weighted by Crippen LogP contribution is 2.26. The molecule has 1 unspecified atom stereocenters. The van der Waals surface area contributed by atoms with E-state index in [2.05, 4.69) is 0 Å². The molecule has 1 saturated carbocycles. The quantitative estimate of drug-likeness (QED) is 0.758. The summed E-state index contributed by atoms with van der Waals surface area (Å²) in [4.78, 5) is 11.0. The molecule has 14 heavy (non-hydrogen) atoms. The lowest BCUT2D eigenvalue weighted by atomic mass is 9.96. The highest BCUT2D eigenvalue weighted by molar-refractivity contribution is 5.76. The second kappa shape index (κ2) is 4.78. The van der Waals surface area contributed by atoms with Crippen LogP contribution in [-0.2, 0) is 9.53 Å². The van der Waals surface area contributed by atoms with Crippen LogP contribution in [0.4, 0.5) is 0 Å². The third kappa shape index (κ3) is 2.71. The van der Waals surface area contributed by atoms with Crippen molar-refractivity contribution in [2.75, 3.05) is 0 Å². The van der Waals surface area contributed by atoms with Crippen molar-refractivity contribution in [1.29, 1.82) is 0 Å². The molecule has 3 nitrogen and oxygen atoms in total. The standard InChI is InChI=1S/C11H20O3/c1-3-11(2,10(12)13)14-9-7-5-4-6-8-9/h9H,3-8H2,1-2H3,(H,12,13). The van der Waals surface area contributed by atoms with Gasteiger partial charge in [0.25, 0.3) is 0 Å². The summed E-state index contributed by atoms with van der Waals surface area (Å²) in [6, 6.07) is 0. The molecule has 0 heterocycles. The first kappa shape index (κ1) is 11.5. The molecule has 0 aromatic heterocycles. The maximum atomic E-state index is 11.0. The minimum Gasteiger partial charge on any atom is -0.479 e. The second-order valence-corrected chi connectivity index (χ2v) is 4.27. The first-order valence-corrected chi connectivity index (χ1v) is 5.49. The monoisotopic (exact) mass is 200 g/mol. The largest absolute Gasteiger partial charge is 0.479 e. The number of rotatable bonds is 4. The fraction of sp³-hybridized carbons (Fsp3) is 0.909. The third-order valence-corrected chi connectivity index (χ3v) is 3.11. The topological polar surface area (TPSA) is 46.5 Å². The zero-order valence-corrected chi connectivity index (χ0v) is 9.08. The smallest absolute Gasteiger partial charge is 0.335 e. The van der Waals surface area contributed by atoms with Crippen LogP contribution in [0.25, 0.3) is 0 Å². The van der Waals surface area contributed by atoms with E-state index in [1.54, 1.807) is 6.92 Å². The molecule has 1 atom stereocenters. The molecule has 1 aliphatic rings. The van der Waals surface area contributed by atoms with Gasteiger partial charge in [-0.25, -0.2) is 4.79 Å². The van der Waals surface area contributed by atoms with E-state index >= 15 is 0 Å². The van der Waals surface area contributed by atoms with Crippen molar-refractivity contribution in [1.82, 2.24) is 0 Å². The number of carboxylic acid groups (broad SMARTS) is 1. The number of carbonyl (C=O) groups is 1. The molecular formula is C11H20O3. The maximum Gasteiger partial charge on any atom is 0.335 e. The van der Waals surface area contributed by atoms with Crippen molar-refractivity contribution in [3.8, 4) is 0 Å². The van der Waals surface area contributed by atoms with E-state index < -0.39 is 11.6 Å². The Balaban J connectivity index is 2.50. The zero-order chi connectivity index (χ0) is 10.6. The van der Waals surface area contributed by atoms with E-state index in [0.717, 1.165) is 12.8 Å². The van der Waals surface area contributed by atoms with Gasteiger partial charge in [0, 0.05) is 0 Å². The zero-order valence-electron chi connectivity index (χ0n) is 9.08. The molecule has 0 saturated heterocycles. The molecule has 1 N–H and O–H groups in total. The molecule has 1 rings (SSSR count). The molecule has 82 valence electrons. The first-order valence-electron chi connectivity index (χ1n) is 5.49. The molecule has 0 aliphatic heterocycles. The van der Waals surface area contributed by atoms with Gasteiger partial charge < -0.3 is 9.84 Å². The predicted molar refractivity (Wildman–Crippen MR) is 54.3 cm³/mol. The van der Waals surface area contributed by atoms with Gasteiger partial charge in [0.1, 0.15) is 0 Å². The van der Waals surface area contributed by atoms with Crippen LogP contribution < -0.4 is 0 Å². The molecule has 0 aromatic carbocycles. The molecule has 1 aliphatic carbocycles. The Bertz CT molecular complexity index is 197. The lowest BCUT2D eigenvalue weighted by molar-refractivity contribution is -0.173. The molecule has 0 aromatic rings. The van der Waals surface area contributed by atoms with E-state index in [-0.39, 0.29) is 6.10 Å². The molecule has 0 radical (unpaired) electrons. The third-order valence-electron chi connectivity index (χ3n) is 3.11. The van der Waals surface area contributed by atoms with Crippen LogP contribution in [0.2, 0.25) is 0 Å². The Morgan fingerprint density at radius 3 is 2.43 bits per heavy atom. The van der Waals surface area contributed by atoms with Crippen LogP contribution in [0.5, 0.6) is 0 Å². The van der Waals surface area contributed by atoms with E-state index in [1.165, 1.54) is 19.3 Å². The van der Waals surface area contributed by atoms with Gasteiger partial charge in [0.05, 0.1) is 6.10 Å². The number of ether oxygens (including phenoxy) is 1. The van der Waals surface area contributed by atoms with E-state index in [4.69, 9.17) is 9.84 Å². The predicted octanol–water partition coefficient (Wildman–Crippen LogP) is 2.59. The minimum atomic E-state index is -0.984. The molecule has 1 fully saturated rings. The van der Waals surface area contributed by atoms with E-state index in [9.17, 15) is 4.79 Å². The summed E-state index contributed by atoms with van der Waals surface area (Å²) < 4.78 is 5.69. The van der Waals surface area contributed by atoms with Gasteiger partial charge in [-0.05, 0) is 26.2 Å². The average Bonchev–Trinajstić information content (AvgIpc) is 2.19. The van der Waals surface area contributed by atoms with Gasteiger partial charge >= 0.3 is 5.97 Å². The van der Waals surface area contributed by atoms with Crippen molar-refractivity contribution < 1.29 is 14.6 Å². The summed E-state index contributed by atoms with van der Waals surface area (Å²) in [5.41, 5.74) is -0.984. The van der Waals surface area contributed by atoms with Crippen LogP contribution in [0.15, 0.2) is 0 Å². The second-order valence-electron chi connectivity index (χ2n) is 4.27. The van der Waals surface area contributed by atoms with Gasteiger partial charge in [-0.3, -0.25) is 0 Å². The molecule has 0 amide bonds. The Labute approximate surface area is 85.5 Å². The van der Waals surface area contributed by atoms with Gasteiger partial charge in [0.2, 0.25) is 0 Å². The first-order chi connectivity index (χ1) is 6.58. The van der Waals surface area contributed by atoms with E-state index in [0.29, 0.717) is 6.42 Å². The molecule has 0 spiro atoms. The van der Waals surface area contributed by atoms with Crippen LogP contribution in [0, 0.1) is 0 Å². The fourth-order valence-corrected chi connectivity index (χ4v) is 1.84.